The first-order valence-electron chi connectivity index (χ1n) is 6.73. The molecule has 18 heavy (non-hydrogen) atoms. The fourth-order valence-corrected chi connectivity index (χ4v) is 2.45. The highest BCUT2D eigenvalue weighted by atomic mass is 16.5. The predicted molar refractivity (Wildman–Crippen MR) is 68.6 cm³/mol. The number of hydrogen-bond donors (Lipinski definition) is 0. The Labute approximate surface area is 108 Å². The highest BCUT2D eigenvalue weighted by Crippen LogP contribution is 2.30. The molecular formula is C14H20N2O2. The number of hydrogen-bond acceptors (Lipinski definition) is 4. The van der Waals surface area contributed by atoms with Crippen molar-refractivity contribution >= 4 is 5.97 Å². The van der Waals surface area contributed by atoms with Crippen molar-refractivity contribution in [2.45, 2.75) is 51.9 Å². The lowest BCUT2D eigenvalue weighted by molar-refractivity contribution is 0.0524. The average Bonchev–Trinajstić information content (AvgIpc) is 2.40. The maximum Gasteiger partial charge on any atom is 0.341 e. The zero-order valence-corrected chi connectivity index (χ0v) is 11.1. The zero-order chi connectivity index (χ0) is 13.0. The van der Waals surface area contributed by atoms with Crippen LogP contribution in [-0.2, 0) is 4.74 Å². The summed E-state index contributed by atoms with van der Waals surface area (Å²) >= 11 is 0. The lowest BCUT2D eigenvalue weighted by atomic mass is 9.88. The van der Waals surface area contributed by atoms with Gasteiger partial charge < -0.3 is 4.74 Å². The smallest absolute Gasteiger partial charge is 0.341 e. The third kappa shape index (κ3) is 2.86. The molecule has 1 heterocycles. The fourth-order valence-electron chi connectivity index (χ4n) is 2.45. The standard InChI is InChI=1S/C14H20N2O2/c1-3-18-14(17)12-9-15-13(16-10(12)2)11-7-5-4-6-8-11/h9,11H,3-8H2,1-2H3. The number of esters is 1. The van der Waals surface area contributed by atoms with E-state index in [4.69, 9.17) is 4.74 Å². The third-order valence-electron chi connectivity index (χ3n) is 3.46. The van der Waals surface area contributed by atoms with Gasteiger partial charge in [0.2, 0.25) is 0 Å². The molecule has 2 rings (SSSR count). The number of rotatable bonds is 3. The molecule has 0 aliphatic heterocycles. The minimum atomic E-state index is -0.329. The summed E-state index contributed by atoms with van der Waals surface area (Å²) in [5.41, 5.74) is 1.21. The normalized spacial score (nSPS) is 16.6. The molecular weight excluding hydrogens is 228 g/mol. The molecule has 1 aromatic heterocycles. The van der Waals surface area contributed by atoms with Gasteiger partial charge in [-0.05, 0) is 26.7 Å². The van der Waals surface area contributed by atoms with Gasteiger partial charge in [-0.15, -0.1) is 0 Å². The van der Waals surface area contributed by atoms with Gasteiger partial charge >= 0.3 is 5.97 Å². The van der Waals surface area contributed by atoms with Gasteiger partial charge in [0, 0.05) is 12.1 Å². The molecule has 0 spiro atoms. The van der Waals surface area contributed by atoms with Crippen molar-refractivity contribution in [1.29, 1.82) is 0 Å². The monoisotopic (exact) mass is 248 g/mol. The molecule has 98 valence electrons. The van der Waals surface area contributed by atoms with Gasteiger partial charge in [0.15, 0.2) is 0 Å². The van der Waals surface area contributed by atoms with Crippen molar-refractivity contribution in [2.75, 3.05) is 6.61 Å². The van der Waals surface area contributed by atoms with Gasteiger partial charge in [0.05, 0.1) is 17.9 Å². The second kappa shape index (κ2) is 5.94. The Kier molecular flexibility index (Phi) is 4.28. The highest BCUT2D eigenvalue weighted by molar-refractivity contribution is 5.90. The molecule has 0 saturated heterocycles. The number of aryl methyl sites for hydroxylation is 1. The highest BCUT2D eigenvalue weighted by Gasteiger charge is 2.20. The molecule has 1 fully saturated rings. The molecule has 0 unspecified atom stereocenters. The average molecular weight is 248 g/mol. The minimum absolute atomic E-state index is 0.329. The quantitative estimate of drug-likeness (QED) is 0.771. The van der Waals surface area contributed by atoms with Crippen LogP contribution in [-0.4, -0.2) is 22.5 Å². The van der Waals surface area contributed by atoms with Crippen LogP contribution in [0.2, 0.25) is 0 Å². The topological polar surface area (TPSA) is 52.1 Å². The third-order valence-corrected chi connectivity index (χ3v) is 3.46. The number of ether oxygens (including phenoxy) is 1. The summed E-state index contributed by atoms with van der Waals surface area (Å²) in [6.45, 7) is 4.02. The van der Waals surface area contributed by atoms with E-state index in [0.717, 1.165) is 24.4 Å². The molecule has 0 N–H and O–H groups in total. The fraction of sp³-hybridized carbons (Fsp3) is 0.643. The van der Waals surface area contributed by atoms with E-state index in [1.54, 1.807) is 13.1 Å². The van der Waals surface area contributed by atoms with Gasteiger partial charge in [-0.3, -0.25) is 0 Å². The largest absolute Gasteiger partial charge is 0.462 e. The molecule has 1 aromatic rings. The first-order chi connectivity index (χ1) is 8.72. The zero-order valence-electron chi connectivity index (χ0n) is 11.1. The van der Waals surface area contributed by atoms with E-state index in [9.17, 15) is 4.79 Å². The van der Waals surface area contributed by atoms with Crippen LogP contribution < -0.4 is 0 Å². The maximum atomic E-state index is 11.7. The van der Waals surface area contributed by atoms with Crippen LogP contribution in [0.5, 0.6) is 0 Å². The lowest BCUT2D eigenvalue weighted by Gasteiger charge is -2.20. The minimum Gasteiger partial charge on any atom is -0.462 e. The van der Waals surface area contributed by atoms with Crippen molar-refractivity contribution in [3.8, 4) is 0 Å². The van der Waals surface area contributed by atoms with Crippen molar-refractivity contribution < 1.29 is 9.53 Å². The Balaban J connectivity index is 2.16. The van der Waals surface area contributed by atoms with Crippen LogP contribution in [0.25, 0.3) is 0 Å². The maximum absolute atomic E-state index is 11.7. The number of carbonyl (C=O) groups excluding carboxylic acids is 1. The Morgan fingerprint density at radius 2 is 2.11 bits per heavy atom. The van der Waals surface area contributed by atoms with E-state index >= 15 is 0 Å². The summed E-state index contributed by atoms with van der Waals surface area (Å²) in [6.07, 6.45) is 7.77. The van der Waals surface area contributed by atoms with Crippen LogP contribution in [0.4, 0.5) is 0 Å². The van der Waals surface area contributed by atoms with E-state index in [1.807, 2.05) is 6.92 Å². The number of nitrogens with zero attached hydrogens (tertiary/aromatic N) is 2. The lowest BCUT2D eigenvalue weighted by Crippen LogP contribution is -2.13. The summed E-state index contributed by atoms with van der Waals surface area (Å²) in [7, 11) is 0. The van der Waals surface area contributed by atoms with Crippen LogP contribution in [0.3, 0.4) is 0 Å². The Bertz CT molecular complexity index is 426. The Morgan fingerprint density at radius 1 is 1.39 bits per heavy atom. The number of aromatic nitrogens is 2. The van der Waals surface area contributed by atoms with Crippen molar-refractivity contribution in [1.82, 2.24) is 9.97 Å². The number of carbonyl (C=O) groups is 1. The van der Waals surface area contributed by atoms with E-state index in [0.29, 0.717) is 18.1 Å². The van der Waals surface area contributed by atoms with Crippen LogP contribution in [0.1, 0.15) is 66.8 Å². The van der Waals surface area contributed by atoms with Crippen LogP contribution >= 0.6 is 0 Å². The SMILES string of the molecule is CCOC(=O)c1cnc(C2CCCCC2)nc1C. The molecule has 0 radical (unpaired) electrons. The molecule has 1 aliphatic rings. The molecule has 4 nitrogen and oxygen atoms in total. The molecule has 0 atom stereocenters. The molecule has 1 saturated carbocycles. The molecule has 4 heteroatoms. The predicted octanol–water partition coefficient (Wildman–Crippen LogP) is 3.01. The summed E-state index contributed by atoms with van der Waals surface area (Å²) in [5, 5.41) is 0. The van der Waals surface area contributed by atoms with E-state index < -0.39 is 0 Å². The van der Waals surface area contributed by atoms with Gasteiger partial charge in [-0.1, -0.05) is 19.3 Å². The molecule has 1 aliphatic carbocycles. The van der Waals surface area contributed by atoms with Gasteiger partial charge in [0.1, 0.15) is 5.82 Å². The van der Waals surface area contributed by atoms with Crippen molar-refractivity contribution in [3.05, 3.63) is 23.3 Å². The van der Waals surface area contributed by atoms with Crippen LogP contribution in [0, 0.1) is 6.92 Å². The van der Waals surface area contributed by atoms with E-state index in [1.165, 1.54) is 19.3 Å². The van der Waals surface area contributed by atoms with Crippen molar-refractivity contribution in [3.63, 3.8) is 0 Å². The van der Waals surface area contributed by atoms with Gasteiger partial charge in [-0.2, -0.15) is 0 Å². The van der Waals surface area contributed by atoms with E-state index in [2.05, 4.69) is 9.97 Å². The molecule has 0 aromatic carbocycles. The van der Waals surface area contributed by atoms with Crippen molar-refractivity contribution in [2.24, 2.45) is 0 Å². The van der Waals surface area contributed by atoms with Gasteiger partial charge in [-0.25, -0.2) is 14.8 Å². The summed E-state index contributed by atoms with van der Waals surface area (Å²) < 4.78 is 4.98. The Hall–Kier alpha value is -1.45. The molecule has 0 bridgehead atoms. The summed E-state index contributed by atoms with van der Waals surface area (Å²) in [5.74, 6) is 1.03. The first kappa shape index (κ1) is 13.0. The summed E-state index contributed by atoms with van der Waals surface area (Å²) in [4.78, 5) is 20.5. The second-order valence-corrected chi connectivity index (χ2v) is 4.78. The Morgan fingerprint density at radius 3 is 2.72 bits per heavy atom. The second-order valence-electron chi connectivity index (χ2n) is 4.78. The van der Waals surface area contributed by atoms with Crippen LogP contribution in [0.15, 0.2) is 6.20 Å². The van der Waals surface area contributed by atoms with E-state index in [-0.39, 0.29) is 5.97 Å². The summed E-state index contributed by atoms with van der Waals surface area (Å²) in [6, 6.07) is 0. The van der Waals surface area contributed by atoms with Gasteiger partial charge in [0.25, 0.3) is 0 Å². The molecule has 0 amide bonds. The first-order valence-corrected chi connectivity index (χ1v) is 6.73.